The number of benzene rings is 1. The number of fused-ring (bicyclic) bond motifs is 1. The van der Waals surface area contributed by atoms with Gasteiger partial charge in [0.2, 0.25) is 5.91 Å². The first kappa shape index (κ1) is 14.5. The van der Waals surface area contributed by atoms with E-state index in [4.69, 9.17) is 0 Å². The van der Waals surface area contributed by atoms with Gasteiger partial charge >= 0.3 is 0 Å². The number of nitrogens with one attached hydrogen (secondary N) is 2. The highest BCUT2D eigenvalue weighted by Crippen LogP contribution is 2.24. The van der Waals surface area contributed by atoms with Crippen molar-refractivity contribution in [1.82, 2.24) is 10.2 Å². The maximum Gasteiger partial charge on any atom is 0.241 e. The van der Waals surface area contributed by atoms with Crippen LogP contribution in [0.25, 0.3) is 0 Å². The van der Waals surface area contributed by atoms with Crippen molar-refractivity contribution in [2.45, 2.75) is 30.9 Å². The summed E-state index contributed by atoms with van der Waals surface area (Å²) in [7, 11) is 1.93. The number of para-hydroxylation sites is 1. The molecular weight excluding hydrogens is 266 g/mol. The molecule has 1 fully saturated rings. The van der Waals surface area contributed by atoms with E-state index in [0.717, 1.165) is 31.5 Å². The molecule has 0 aliphatic carbocycles. The molecule has 21 heavy (non-hydrogen) atoms. The van der Waals surface area contributed by atoms with Crippen LogP contribution in [0.3, 0.4) is 0 Å². The number of aryl methyl sites for hydroxylation is 1. The van der Waals surface area contributed by atoms with Crippen molar-refractivity contribution in [2.75, 3.05) is 32.0 Å². The second-order valence-electron chi connectivity index (χ2n) is 6.27. The third kappa shape index (κ3) is 3.10. The van der Waals surface area contributed by atoms with Gasteiger partial charge < -0.3 is 15.7 Å². The van der Waals surface area contributed by atoms with Crippen LogP contribution in [0.1, 0.15) is 18.4 Å². The van der Waals surface area contributed by atoms with Crippen LogP contribution in [-0.2, 0) is 11.2 Å². The topological polar surface area (TPSA) is 64.6 Å². The minimum absolute atomic E-state index is 0.0250. The molecule has 3 N–H and O–H groups in total. The Labute approximate surface area is 125 Å². The first-order valence-corrected chi connectivity index (χ1v) is 7.59. The summed E-state index contributed by atoms with van der Waals surface area (Å²) in [6.45, 7) is 1.97. The van der Waals surface area contributed by atoms with Gasteiger partial charge in [-0.3, -0.25) is 9.69 Å². The number of hydrogen-bond acceptors (Lipinski definition) is 4. The van der Waals surface area contributed by atoms with E-state index in [1.54, 1.807) is 0 Å². The van der Waals surface area contributed by atoms with Gasteiger partial charge in [-0.2, -0.15) is 0 Å². The number of carbonyl (C=O) groups is 1. The first-order chi connectivity index (χ1) is 10.1. The largest absolute Gasteiger partial charge is 0.387 e. The van der Waals surface area contributed by atoms with Gasteiger partial charge in [-0.25, -0.2) is 0 Å². The third-order valence-electron chi connectivity index (χ3n) is 4.56. The molecule has 2 atom stereocenters. The fourth-order valence-electron chi connectivity index (χ4n) is 3.36. The molecule has 1 aromatic carbocycles. The molecule has 2 aliphatic rings. The Morgan fingerprint density at radius 2 is 2.24 bits per heavy atom. The maximum atomic E-state index is 12.4. The lowest BCUT2D eigenvalue weighted by molar-refractivity contribution is -0.122. The average Bonchev–Trinajstić information content (AvgIpc) is 2.79. The van der Waals surface area contributed by atoms with E-state index in [1.165, 1.54) is 5.56 Å². The van der Waals surface area contributed by atoms with E-state index in [2.05, 4.69) is 16.7 Å². The third-order valence-corrected chi connectivity index (χ3v) is 4.56. The van der Waals surface area contributed by atoms with E-state index >= 15 is 0 Å². The summed E-state index contributed by atoms with van der Waals surface area (Å²) in [4.78, 5) is 14.4. The van der Waals surface area contributed by atoms with Gasteiger partial charge in [0.25, 0.3) is 0 Å². The molecule has 0 spiro atoms. The highest BCUT2D eigenvalue weighted by molar-refractivity contribution is 5.96. The molecule has 5 nitrogen and oxygen atoms in total. The predicted molar refractivity (Wildman–Crippen MR) is 82.2 cm³/mol. The molecule has 1 amide bonds. The van der Waals surface area contributed by atoms with E-state index in [9.17, 15) is 9.90 Å². The van der Waals surface area contributed by atoms with Gasteiger partial charge in [-0.15, -0.1) is 0 Å². The molecule has 0 radical (unpaired) electrons. The number of likely N-dealkylation sites (N-methyl/N-ethyl adjacent to an activating group) is 1. The quantitative estimate of drug-likeness (QED) is 0.762. The number of nitrogens with zero attached hydrogens (tertiary/aromatic N) is 1. The summed E-state index contributed by atoms with van der Waals surface area (Å²) in [6.07, 6.45) is 2.40. The summed E-state index contributed by atoms with van der Waals surface area (Å²) in [5.41, 5.74) is 1.39. The van der Waals surface area contributed by atoms with Crippen molar-refractivity contribution in [3.8, 4) is 0 Å². The lowest BCUT2D eigenvalue weighted by Gasteiger charge is -2.32. The van der Waals surface area contributed by atoms with Crippen LogP contribution in [0.5, 0.6) is 0 Å². The Bertz CT molecular complexity index is 526. The Morgan fingerprint density at radius 1 is 1.43 bits per heavy atom. The van der Waals surface area contributed by atoms with E-state index in [-0.39, 0.29) is 11.9 Å². The van der Waals surface area contributed by atoms with Gasteiger partial charge in [-0.1, -0.05) is 18.2 Å². The zero-order chi connectivity index (χ0) is 14.9. The van der Waals surface area contributed by atoms with Gasteiger partial charge in [0, 0.05) is 18.8 Å². The van der Waals surface area contributed by atoms with Gasteiger partial charge in [0.05, 0.1) is 11.6 Å². The second kappa shape index (κ2) is 5.75. The predicted octanol–water partition coefficient (Wildman–Crippen LogP) is 0.596. The zero-order valence-electron chi connectivity index (χ0n) is 12.4. The maximum absolute atomic E-state index is 12.4. The highest BCUT2D eigenvalue weighted by atomic mass is 16.3. The van der Waals surface area contributed by atoms with Crippen LogP contribution in [-0.4, -0.2) is 54.2 Å². The van der Waals surface area contributed by atoms with Crippen molar-refractivity contribution < 1.29 is 9.90 Å². The summed E-state index contributed by atoms with van der Waals surface area (Å²) >= 11 is 0. The van der Waals surface area contributed by atoms with Crippen LogP contribution < -0.4 is 10.6 Å². The fourth-order valence-corrected chi connectivity index (χ4v) is 3.36. The molecule has 3 rings (SSSR count). The van der Waals surface area contributed by atoms with E-state index in [1.807, 2.05) is 30.1 Å². The minimum Gasteiger partial charge on any atom is -0.387 e. The van der Waals surface area contributed by atoms with Gasteiger partial charge in [0.1, 0.15) is 0 Å². The molecule has 5 heteroatoms. The van der Waals surface area contributed by atoms with Crippen LogP contribution in [0.2, 0.25) is 0 Å². The highest BCUT2D eigenvalue weighted by Gasteiger charge is 2.36. The normalized spacial score (nSPS) is 29.1. The molecule has 114 valence electrons. The van der Waals surface area contributed by atoms with Gasteiger partial charge in [0.15, 0.2) is 0 Å². The molecule has 2 aliphatic heterocycles. The minimum atomic E-state index is -0.714. The smallest absolute Gasteiger partial charge is 0.241 e. The summed E-state index contributed by atoms with van der Waals surface area (Å²) < 4.78 is 0. The number of β-amino-alcohol motifs (C(OH)–C–C–N with tert-alkyl or cyclic N) is 1. The molecule has 1 saturated heterocycles. The standard InChI is InChI=1S/C16H23N3O2/c1-19(11-16(21)8-9-17-10-16)14-7-6-12-4-2-3-5-13(12)18-15(14)20/h2-5,14,17,21H,6-11H2,1H3,(H,18,20). The Morgan fingerprint density at radius 3 is 3.00 bits per heavy atom. The number of rotatable bonds is 3. The fraction of sp³-hybridized carbons (Fsp3) is 0.562. The van der Waals surface area contributed by atoms with Crippen LogP contribution in [0.15, 0.2) is 24.3 Å². The van der Waals surface area contributed by atoms with Gasteiger partial charge in [-0.05, 0) is 44.5 Å². The van der Waals surface area contributed by atoms with Crippen molar-refractivity contribution in [1.29, 1.82) is 0 Å². The Kier molecular flexibility index (Phi) is 3.97. The lowest BCUT2D eigenvalue weighted by atomic mass is 10.00. The molecular formula is C16H23N3O2. The SMILES string of the molecule is CN(CC1(O)CCNC1)C1CCc2ccccc2NC1=O. The van der Waals surface area contributed by atoms with Crippen LogP contribution >= 0.6 is 0 Å². The summed E-state index contributed by atoms with van der Waals surface area (Å²) in [5, 5.41) is 16.7. The molecule has 2 heterocycles. The summed E-state index contributed by atoms with van der Waals surface area (Å²) in [6, 6.07) is 7.76. The molecule has 2 unspecified atom stereocenters. The monoisotopic (exact) mass is 289 g/mol. The number of aliphatic hydroxyl groups is 1. The number of hydrogen-bond donors (Lipinski definition) is 3. The molecule has 0 bridgehead atoms. The van der Waals surface area contributed by atoms with Crippen LogP contribution in [0, 0.1) is 0 Å². The first-order valence-electron chi connectivity index (χ1n) is 7.59. The number of anilines is 1. The Balaban J connectivity index is 1.70. The molecule has 0 aromatic heterocycles. The Hall–Kier alpha value is -1.43. The van der Waals surface area contributed by atoms with Crippen molar-refractivity contribution in [2.24, 2.45) is 0 Å². The zero-order valence-corrected chi connectivity index (χ0v) is 12.4. The summed E-state index contributed by atoms with van der Waals surface area (Å²) in [5.74, 6) is 0.0250. The van der Waals surface area contributed by atoms with E-state index < -0.39 is 5.60 Å². The molecule has 0 saturated carbocycles. The van der Waals surface area contributed by atoms with Crippen molar-refractivity contribution in [3.05, 3.63) is 29.8 Å². The second-order valence-corrected chi connectivity index (χ2v) is 6.27. The number of amides is 1. The van der Waals surface area contributed by atoms with Crippen molar-refractivity contribution >= 4 is 11.6 Å². The lowest BCUT2D eigenvalue weighted by Crippen LogP contribution is -2.50. The number of carbonyl (C=O) groups excluding carboxylic acids is 1. The average molecular weight is 289 g/mol. The van der Waals surface area contributed by atoms with E-state index in [0.29, 0.717) is 13.1 Å². The van der Waals surface area contributed by atoms with Crippen LogP contribution in [0.4, 0.5) is 5.69 Å². The van der Waals surface area contributed by atoms with Crippen molar-refractivity contribution in [3.63, 3.8) is 0 Å². The molecule has 1 aromatic rings.